The third kappa shape index (κ3) is 3.05. The molecule has 1 N–H and O–H groups in total. The van der Waals surface area contributed by atoms with Crippen molar-refractivity contribution in [3.05, 3.63) is 48.0 Å². The van der Waals surface area contributed by atoms with Crippen molar-refractivity contribution >= 4 is 23.3 Å². The van der Waals surface area contributed by atoms with Gasteiger partial charge in [-0.15, -0.1) is 0 Å². The molecule has 0 saturated carbocycles. The molecular formula is C13H13N5O2S. The van der Waals surface area contributed by atoms with Crippen LogP contribution in [0, 0.1) is 0 Å². The zero-order chi connectivity index (χ0) is 14.7. The number of carbonyl (C=O) groups is 1. The maximum Gasteiger partial charge on any atom is 0.253 e. The molecule has 3 rings (SSSR count). The normalized spacial score (nSPS) is 10.9. The highest BCUT2D eigenvalue weighted by molar-refractivity contribution is 7.97. The van der Waals surface area contributed by atoms with E-state index < -0.39 is 0 Å². The summed E-state index contributed by atoms with van der Waals surface area (Å²) in [6.45, 7) is 0.210. The van der Waals surface area contributed by atoms with Crippen molar-refractivity contribution in [2.75, 3.05) is 6.26 Å². The Hall–Kier alpha value is -2.35. The van der Waals surface area contributed by atoms with Crippen molar-refractivity contribution in [2.24, 2.45) is 0 Å². The molecule has 3 heterocycles. The molecular weight excluding hydrogens is 290 g/mol. The van der Waals surface area contributed by atoms with E-state index in [0.29, 0.717) is 23.0 Å². The van der Waals surface area contributed by atoms with Crippen molar-refractivity contribution < 1.29 is 9.32 Å². The minimum Gasteiger partial charge on any atom is -0.343 e. The minimum atomic E-state index is -0.199. The fraction of sp³-hybridized carbons (Fsp3) is 0.231. The van der Waals surface area contributed by atoms with Crippen molar-refractivity contribution in [2.45, 2.75) is 12.3 Å². The minimum absolute atomic E-state index is 0.199. The number of amides is 1. The quantitative estimate of drug-likeness (QED) is 0.769. The first-order valence-corrected chi connectivity index (χ1v) is 7.67. The van der Waals surface area contributed by atoms with Crippen LogP contribution in [0.5, 0.6) is 0 Å². The predicted octanol–water partition coefficient (Wildman–Crippen LogP) is 1.51. The molecule has 0 fully saturated rings. The Labute approximate surface area is 124 Å². The van der Waals surface area contributed by atoms with Crippen LogP contribution in [0.2, 0.25) is 0 Å². The van der Waals surface area contributed by atoms with E-state index >= 15 is 0 Å². The fourth-order valence-corrected chi connectivity index (χ4v) is 2.24. The number of carbonyl (C=O) groups excluding carboxylic acids is 1. The van der Waals surface area contributed by atoms with Gasteiger partial charge in [-0.25, -0.2) is 4.98 Å². The van der Waals surface area contributed by atoms with Gasteiger partial charge in [0.2, 0.25) is 5.89 Å². The summed E-state index contributed by atoms with van der Waals surface area (Å²) < 4.78 is 6.85. The molecule has 0 aliphatic heterocycles. The van der Waals surface area contributed by atoms with Gasteiger partial charge in [-0.2, -0.15) is 16.7 Å². The lowest BCUT2D eigenvalue weighted by atomic mass is 10.2. The van der Waals surface area contributed by atoms with E-state index in [1.807, 2.05) is 6.26 Å². The van der Waals surface area contributed by atoms with Gasteiger partial charge in [0.1, 0.15) is 5.65 Å². The lowest BCUT2D eigenvalue weighted by molar-refractivity contribution is 0.0946. The number of rotatable bonds is 5. The molecule has 0 unspecified atom stereocenters. The molecule has 0 atom stereocenters. The third-order valence-electron chi connectivity index (χ3n) is 2.83. The van der Waals surface area contributed by atoms with Crippen LogP contribution in [0.4, 0.5) is 0 Å². The molecule has 108 valence electrons. The largest absolute Gasteiger partial charge is 0.343 e. The van der Waals surface area contributed by atoms with Gasteiger partial charge in [0.05, 0.1) is 17.9 Å². The summed E-state index contributed by atoms with van der Waals surface area (Å²) in [5.41, 5.74) is 1.34. The van der Waals surface area contributed by atoms with E-state index in [1.165, 1.54) is 0 Å². The van der Waals surface area contributed by atoms with Crippen molar-refractivity contribution in [3.8, 4) is 0 Å². The van der Waals surface area contributed by atoms with Crippen LogP contribution in [0.1, 0.15) is 22.1 Å². The molecule has 0 bridgehead atoms. The lowest BCUT2D eigenvalue weighted by Crippen LogP contribution is -2.23. The van der Waals surface area contributed by atoms with Gasteiger partial charge in [0.25, 0.3) is 5.91 Å². The summed E-state index contributed by atoms with van der Waals surface area (Å²) >= 11 is 1.61. The SMILES string of the molecule is CSCc1noc(CNC(=O)c2ccc3nccn3c2)n1. The fourth-order valence-electron chi connectivity index (χ4n) is 1.86. The number of hydrogen-bond acceptors (Lipinski definition) is 6. The van der Waals surface area contributed by atoms with Crippen LogP contribution in [0.15, 0.2) is 35.2 Å². The molecule has 3 aromatic heterocycles. The highest BCUT2D eigenvalue weighted by Gasteiger charge is 2.10. The van der Waals surface area contributed by atoms with E-state index in [4.69, 9.17) is 4.52 Å². The Morgan fingerprint density at radius 3 is 3.24 bits per heavy atom. The smallest absolute Gasteiger partial charge is 0.253 e. The van der Waals surface area contributed by atoms with Crippen molar-refractivity contribution in [1.82, 2.24) is 24.8 Å². The maximum atomic E-state index is 12.1. The monoisotopic (exact) mass is 303 g/mol. The molecule has 1 amide bonds. The Morgan fingerprint density at radius 2 is 2.38 bits per heavy atom. The van der Waals surface area contributed by atoms with Crippen molar-refractivity contribution in [3.63, 3.8) is 0 Å². The first-order chi connectivity index (χ1) is 10.3. The average Bonchev–Trinajstić information content (AvgIpc) is 3.13. The molecule has 3 aromatic rings. The van der Waals surface area contributed by atoms with E-state index in [2.05, 4.69) is 20.4 Å². The summed E-state index contributed by atoms with van der Waals surface area (Å²) in [6, 6.07) is 3.52. The third-order valence-corrected chi connectivity index (χ3v) is 3.38. The number of thioether (sulfide) groups is 1. The standard InChI is InChI=1S/C13H13N5O2S/c1-21-8-10-16-12(20-17-10)6-15-13(19)9-2-3-11-14-4-5-18(11)7-9/h2-5,7H,6,8H2,1H3,(H,15,19). The van der Waals surface area contributed by atoms with Crippen LogP contribution >= 0.6 is 11.8 Å². The number of imidazole rings is 1. The molecule has 0 spiro atoms. The topological polar surface area (TPSA) is 85.3 Å². The van der Waals surface area contributed by atoms with Gasteiger partial charge in [0.15, 0.2) is 5.82 Å². The number of hydrogen-bond donors (Lipinski definition) is 1. The summed E-state index contributed by atoms with van der Waals surface area (Å²) in [4.78, 5) is 20.4. The van der Waals surface area contributed by atoms with Gasteiger partial charge in [-0.05, 0) is 18.4 Å². The van der Waals surface area contributed by atoms with Crippen LogP contribution in [-0.4, -0.2) is 31.7 Å². The molecule has 0 radical (unpaired) electrons. The number of pyridine rings is 1. The maximum absolute atomic E-state index is 12.1. The van der Waals surface area contributed by atoms with E-state index in [-0.39, 0.29) is 12.5 Å². The predicted molar refractivity (Wildman–Crippen MR) is 77.9 cm³/mol. The summed E-state index contributed by atoms with van der Waals surface area (Å²) in [5, 5.41) is 6.57. The number of fused-ring (bicyclic) bond motifs is 1. The van der Waals surface area contributed by atoms with Gasteiger partial charge < -0.3 is 14.2 Å². The van der Waals surface area contributed by atoms with Crippen LogP contribution < -0.4 is 5.32 Å². The number of nitrogens with one attached hydrogen (secondary N) is 1. The van der Waals surface area contributed by atoms with E-state index in [9.17, 15) is 4.79 Å². The van der Waals surface area contributed by atoms with Gasteiger partial charge >= 0.3 is 0 Å². The second-order valence-electron chi connectivity index (χ2n) is 4.33. The van der Waals surface area contributed by atoms with Crippen molar-refractivity contribution in [1.29, 1.82) is 0 Å². The number of nitrogens with zero attached hydrogens (tertiary/aromatic N) is 4. The molecule has 0 saturated heterocycles. The summed E-state index contributed by atoms with van der Waals surface area (Å²) in [5.74, 6) is 1.52. The van der Waals surface area contributed by atoms with Gasteiger partial charge in [-0.3, -0.25) is 4.79 Å². The highest BCUT2D eigenvalue weighted by atomic mass is 32.2. The van der Waals surface area contributed by atoms with Gasteiger partial charge in [-0.1, -0.05) is 5.16 Å². The Bertz CT molecular complexity index is 767. The summed E-state index contributed by atoms with van der Waals surface area (Å²) in [6.07, 6.45) is 7.16. The Kier molecular flexibility index (Phi) is 3.87. The molecule has 21 heavy (non-hydrogen) atoms. The highest BCUT2D eigenvalue weighted by Crippen LogP contribution is 2.07. The first-order valence-electron chi connectivity index (χ1n) is 6.27. The lowest BCUT2D eigenvalue weighted by Gasteiger charge is -2.03. The summed E-state index contributed by atoms with van der Waals surface area (Å²) in [7, 11) is 0. The zero-order valence-corrected chi connectivity index (χ0v) is 12.1. The second-order valence-corrected chi connectivity index (χ2v) is 5.20. The first kappa shape index (κ1) is 13.6. The van der Waals surface area contributed by atoms with E-state index in [0.717, 1.165) is 5.65 Å². The zero-order valence-electron chi connectivity index (χ0n) is 11.3. The van der Waals surface area contributed by atoms with E-state index in [1.54, 1.807) is 46.9 Å². The van der Waals surface area contributed by atoms with Gasteiger partial charge in [0, 0.05) is 18.6 Å². The molecule has 8 heteroatoms. The average molecular weight is 303 g/mol. The van der Waals surface area contributed by atoms with Crippen LogP contribution in [0.25, 0.3) is 5.65 Å². The molecule has 0 aliphatic rings. The Balaban J connectivity index is 1.65. The molecule has 0 aliphatic carbocycles. The van der Waals surface area contributed by atoms with Crippen LogP contribution in [0.3, 0.4) is 0 Å². The van der Waals surface area contributed by atoms with Crippen LogP contribution in [-0.2, 0) is 12.3 Å². The molecule has 0 aromatic carbocycles. The number of aromatic nitrogens is 4. The molecule has 7 nitrogen and oxygen atoms in total. The second kappa shape index (κ2) is 5.96. The Morgan fingerprint density at radius 1 is 1.48 bits per heavy atom.